The van der Waals surface area contributed by atoms with E-state index in [9.17, 15) is 13.2 Å². The van der Waals surface area contributed by atoms with Gasteiger partial charge in [-0.25, -0.2) is 13.4 Å². The number of nitrogens with zero attached hydrogens (tertiary/aromatic N) is 2. The molecule has 8 heteroatoms. The Labute approximate surface area is 167 Å². The molecular formula is C20H19N3O3S2. The van der Waals surface area contributed by atoms with E-state index in [1.165, 1.54) is 39.9 Å². The number of anilines is 1. The number of sulfonamides is 1. The van der Waals surface area contributed by atoms with Crippen molar-refractivity contribution in [2.45, 2.75) is 17.7 Å². The first-order valence-electron chi connectivity index (χ1n) is 8.97. The molecule has 0 spiro atoms. The first-order valence-corrected chi connectivity index (χ1v) is 11.2. The maximum Gasteiger partial charge on any atom is 0.257 e. The van der Waals surface area contributed by atoms with Crippen LogP contribution in [0, 0.1) is 0 Å². The van der Waals surface area contributed by atoms with Crippen molar-refractivity contribution in [2.75, 3.05) is 18.4 Å². The molecule has 3 aromatic rings. The summed E-state index contributed by atoms with van der Waals surface area (Å²) >= 11 is 1.39. The highest BCUT2D eigenvalue weighted by molar-refractivity contribution is 7.89. The molecule has 2 aromatic carbocycles. The number of rotatable bonds is 5. The Bertz CT molecular complexity index is 1070. The van der Waals surface area contributed by atoms with Crippen molar-refractivity contribution in [1.29, 1.82) is 0 Å². The minimum Gasteiger partial charge on any atom is -0.298 e. The van der Waals surface area contributed by atoms with E-state index >= 15 is 0 Å². The molecule has 0 bridgehead atoms. The number of nitrogens with one attached hydrogen (secondary N) is 1. The van der Waals surface area contributed by atoms with Crippen LogP contribution in [0.3, 0.4) is 0 Å². The number of hydrogen-bond donors (Lipinski definition) is 1. The van der Waals surface area contributed by atoms with Crippen LogP contribution in [0.15, 0.2) is 65.7 Å². The maximum absolute atomic E-state index is 12.6. The van der Waals surface area contributed by atoms with Gasteiger partial charge in [-0.3, -0.25) is 10.1 Å². The van der Waals surface area contributed by atoms with Gasteiger partial charge < -0.3 is 0 Å². The quantitative estimate of drug-likeness (QED) is 0.689. The second-order valence-corrected chi connectivity index (χ2v) is 9.45. The van der Waals surface area contributed by atoms with E-state index < -0.39 is 10.0 Å². The molecule has 4 rings (SSSR count). The zero-order valence-electron chi connectivity index (χ0n) is 15.0. The second-order valence-electron chi connectivity index (χ2n) is 6.49. The van der Waals surface area contributed by atoms with Crippen LogP contribution in [0.5, 0.6) is 0 Å². The third kappa shape index (κ3) is 3.84. The van der Waals surface area contributed by atoms with Crippen molar-refractivity contribution in [3.05, 3.63) is 66.4 Å². The van der Waals surface area contributed by atoms with Gasteiger partial charge in [-0.15, -0.1) is 0 Å². The van der Waals surface area contributed by atoms with Gasteiger partial charge in [-0.05, 0) is 42.7 Å². The van der Waals surface area contributed by atoms with Gasteiger partial charge in [0.1, 0.15) is 0 Å². The van der Waals surface area contributed by atoms with Crippen molar-refractivity contribution in [3.8, 4) is 10.4 Å². The van der Waals surface area contributed by atoms with Gasteiger partial charge in [0, 0.05) is 24.8 Å². The van der Waals surface area contributed by atoms with Crippen LogP contribution in [-0.2, 0) is 10.0 Å². The third-order valence-electron chi connectivity index (χ3n) is 4.60. The Morgan fingerprint density at radius 1 is 1.00 bits per heavy atom. The van der Waals surface area contributed by atoms with Crippen LogP contribution in [0.1, 0.15) is 23.2 Å². The lowest BCUT2D eigenvalue weighted by Gasteiger charge is -2.15. The van der Waals surface area contributed by atoms with E-state index in [0.717, 1.165) is 23.3 Å². The maximum atomic E-state index is 12.6. The number of carbonyl (C=O) groups is 1. The molecule has 0 saturated carbocycles. The van der Waals surface area contributed by atoms with Gasteiger partial charge in [-0.2, -0.15) is 4.31 Å². The predicted molar refractivity (Wildman–Crippen MR) is 110 cm³/mol. The van der Waals surface area contributed by atoms with Gasteiger partial charge in [0.15, 0.2) is 5.13 Å². The van der Waals surface area contributed by atoms with Crippen LogP contribution in [-0.4, -0.2) is 36.7 Å². The molecule has 1 amide bonds. The first kappa shape index (κ1) is 18.8. The van der Waals surface area contributed by atoms with Gasteiger partial charge in [-0.1, -0.05) is 41.7 Å². The number of benzene rings is 2. The summed E-state index contributed by atoms with van der Waals surface area (Å²) in [4.78, 5) is 17.9. The highest BCUT2D eigenvalue weighted by atomic mass is 32.2. The van der Waals surface area contributed by atoms with E-state index in [1.54, 1.807) is 6.20 Å². The molecule has 28 heavy (non-hydrogen) atoms. The predicted octanol–water partition coefficient (Wildman–Crippen LogP) is 3.85. The minimum atomic E-state index is -3.48. The largest absolute Gasteiger partial charge is 0.298 e. The molecule has 2 heterocycles. The number of hydrogen-bond acceptors (Lipinski definition) is 5. The summed E-state index contributed by atoms with van der Waals surface area (Å²) in [6.45, 7) is 1.11. The van der Waals surface area contributed by atoms with Crippen LogP contribution < -0.4 is 5.32 Å². The Morgan fingerprint density at radius 2 is 1.68 bits per heavy atom. The Morgan fingerprint density at radius 3 is 2.36 bits per heavy atom. The monoisotopic (exact) mass is 413 g/mol. The number of carbonyl (C=O) groups excluding carboxylic acids is 1. The molecule has 1 fully saturated rings. The van der Waals surface area contributed by atoms with Crippen molar-refractivity contribution in [2.24, 2.45) is 0 Å². The van der Waals surface area contributed by atoms with Crippen molar-refractivity contribution in [3.63, 3.8) is 0 Å². The molecule has 0 aliphatic carbocycles. The zero-order chi connectivity index (χ0) is 19.6. The molecule has 1 aliphatic heterocycles. The Kier molecular flexibility index (Phi) is 5.25. The fraction of sp³-hybridized carbons (Fsp3) is 0.200. The Balaban J connectivity index is 1.46. The van der Waals surface area contributed by atoms with E-state index in [2.05, 4.69) is 10.3 Å². The molecule has 6 nitrogen and oxygen atoms in total. The molecule has 1 aliphatic rings. The van der Waals surface area contributed by atoms with Crippen molar-refractivity contribution in [1.82, 2.24) is 9.29 Å². The van der Waals surface area contributed by atoms with Crippen LogP contribution in [0.4, 0.5) is 5.13 Å². The lowest BCUT2D eigenvalue weighted by Crippen LogP contribution is -2.27. The number of thiazole rings is 1. The second kappa shape index (κ2) is 7.83. The molecule has 1 aromatic heterocycles. The summed E-state index contributed by atoms with van der Waals surface area (Å²) in [5, 5.41) is 3.27. The molecule has 1 saturated heterocycles. The van der Waals surface area contributed by atoms with Crippen LogP contribution >= 0.6 is 11.3 Å². The average Bonchev–Trinajstić information content (AvgIpc) is 3.41. The van der Waals surface area contributed by atoms with Gasteiger partial charge in [0.25, 0.3) is 5.91 Å². The SMILES string of the molecule is O=C(Nc1ncc(-c2ccccc2)s1)c1ccc(S(=O)(=O)N2CCCC2)cc1. The van der Waals surface area contributed by atoms with Crippen LogP contribution in [0.25, 0.3) is 10.4 Å². The summed E-state index contributed by atoms with van der Waals surface area (Å²) in [5.74, 6) is -0.320. The van der Waals surface area contributed by atoms with E-state index in [0.29, 0.717) is 23.8 Å². The zero-order valence-corrected chi connectivity index (χ0v) is 16.7. The molecule has 1 N–H and O–H groups in total. The Hall–Kier alpha value is -2.55. The lowest BCUT2D eigenvalue weighted by molar-refractivity contribution is 0.102. The molecule has 0 atom stereocenters. The average molecular weight is 414 g/mol. The normalized spacial score (nSPS) is 14.9. The fourth-order valence-electron chi connectivity index (χ4n) is 3.09. The number of aromatic nitrogens is 1. The van der Waals surface area contributed by atoms with Gasteiger partial charge in [0.05, 0.1) is 9.77 Å². The van der Waals surface area contributed by atoms with Crippen LogP contribution in [0.2, 0.25) is 0 Å². The molecule has 0 radical (unpaired) electrons. The standard InChI is InChI=1S/C20H19N3O3S2/c24-19(22-20-21-14-18(27-20)15-6-2-1-3-7-15)16-8-10-17(11-9-16)28(25,26)23-12-4-5-13-23/h1-3,6-11,14H,4-5,12-13H2,(H,21,22,24). The van der Waals surface area contributed by atoms with E-state index in [-0.39, 0.29) is 10.8 Å². The number of amides is 1. The topological polar surface area (TPSA) is 79.4 Å². The van der Waals surface area contributed by atoms with Crippen molar-refractivity contribution >= 4 is 32.4 Å². The summed E-state index contributed by atoms with van der Waals surface area (Å²) in [6.07, 6.45) is 3.50. The minimum absolute atomic E-state index is 0.214. The van der Waals surface area contributed by atoms with Crippen molar-refractivity contribution < 1.29 is 13.2 Å². The summed E-state index contributed by atoms with van der Waals surface area (Å²) in [6, 6.07) is 15.8. The molecule has 0 unspecified atom stereocenters. The first-order chi connectivity index (χ1) is 13.5. The summed E-state index contributed by atoms with van der Waals surface area (Å²) < 4.78 is 26.6. The smallest absolute Gasteiger partial charge is 0.257 e. The highest BCUT2D eigenvalue weighted by Gasteiger charge is 2.27. The molecule has 144 valence electrons. The molecular weight excluding hydrogens is 394 g/mol. The highest BCUT2D eigenvalue weighted by Crippen LogP contribution is 2.29. The summed E-state index contributed by atoms with van der Waals surface area (Å²) in [7, 11) is -3.48. The van der Waals surface area contributed by atoms with Gasteiger partial charge >= 0.3 is 0 Å². The lowest BCUT2D eigenvalue weighted by atomic mass is 10.2. The third-order valence-corrected chi connectivity index (χ3v) is 7.48. The van der Waals surface area contributed by atoms with Gasteiger partial charge in [0.2, 0.25) is 10.0 Å². The van der Waals surface area contributed by atoms with E-state index in [1.807, 2.05) is 30.3 Å². The van der Waals surface area contributed by atoms with E-state index in [4.69, 9.17) is 0 Å². The summed E-state index contributed by atoms with van der Waals surface area (Å²) in [5.41, 5.74) is 1.42. The fourth-order valence-corrected chi connectivity index (χ4v) is 5.43.